The van der Waals surface area contributed by atoms with Crippen LogP contribution in [-0.2, 0) is 14.3 Å². The Morgan fingerprint density at radius 1 is 1.32 bits per heavy atom. The third kappa shape index (κ3) is 2.24. The van der Waals surface area contributed by atoms with Gasteiger partial charge in [0.15, 0.2) is 0 Å². The molecule has 0 radical (unpaired) electrons. The first-order chi connectivity index (χ1) is 10.7. The summed E-state index contributed by atoms with van der Waals surface area (Å²) >= 11 is 0. The predicted molar refractivity (Wildman–Crippen MR) is 79.4 cm³/mol. The van der Waals surface area contributed by atoms with E-state index in [1.54, 1.807) is 0 Å². The van der Waals surface area contributed by atoms with Crippen molar-refractivity contribution in [3.63, 3.8) is 0 Å². The number of carbonyl (C=O) groups is 1. The second-order valence-corrected chi connectivity index (χ2v) is 6.54. The maximum absolute atomic E-state index is 12.4. The van der Waals surface area contributed by atoms with Crippen LogP contribution >= 0.6 is 0 Å². The summed E-state index contributed by atoms with van der Waals surface area (Å²) in [6, 6.07) is 10.1. The van der Waals surface area contributed by atoms with Gasteiger partial charge in [0.25, 0.3) is 0 Å². The number of fused-ring (bicyclic) bond motifs is 5. The van der Waals surface area contributed by atoms with Crippen molar-refractivity contribution in [1.29, 1.82) is 0 Å². The number of carbonyl (C=O) groups excluding carboxylic acids is 1. The molecule has 1 aromatic carbocycles. The van der Waals surface area contributed by atoms with E-state index in [0.717, 1.165) is 18.4 Å². The number of likely N-dealkylation sites (N-methyl/N-ethyl adjacent to an activating group) is 1. The highest BCUT2D eigenvalue weighted by Crippen LogP contribution is 2.48. The van der Waals surface area contributed by atoms with Crippen LogP contribution in [0.5, 0.6) is 0 Å². The zero-order valence-corrected chi connectivity index (χ0v) is 12.6. The number of hydrogen-bond donors (Lipinski definition) is 1. The minimum absolute atomic E-state index is 0.0622. The summed E-state index contributed by atoms with van der Waals surface area (Å²) in [5.74, 6) is -0.915. The molecule has 3 aliphatic heterocycles. The van der Waals surface area contributed by atoms with Crippen LogP contribution in [0.4, 0.5) is 0 Å². The second-order valence-electron chi connectivity index (χ2n) is 6.54. The Kier molecular flexibility index (Phi) is 3.44. The van der Waals surface area contributed by atoms with Crippen LogP contribution in [-0.4, -0.2) is 60.0 Å². The van der Waals surface area contributed by atoms with Crippen molar-refractivity contribution in [2.24, 2.45) is 0 Å². The number of epoxide rings is 1. The van der Waals surface area contributed by atoms with Crippen molar-refractivity contribution in [3.05, 3.63) is 35.9 Å². The molecule has 3 saturated heterocycles. The molecular weight excluding hydrogens is 282 g/mol. The molecule has 3 aliphatic rings. The molecule has 5 nitrogen and oxygen atoms in total. The molecule has 118 valence electrons. The molecule has 1 N–H and O–H groups in total. The van der Waals surface area contributed by atoms with Crippen LogP contribution in [0, 0.1) is 0 Å². The maximum Gasteiger partial charge on any atom is 0.316 e. The first-order valence-corrected chi connectivity index (χ1v) is 7.92. The van der Waals surface area contributed by atoms with Crippen molar-refractivity contribution >= 4 is 5.97 Å². The Hall–Kier alpha value is -1.43. The molecule has 0 aromatic heterocycles. The lowest BCUT2D eigenvalue weighted by Gasteiger charge is -2.38. The molecule has 3 unspecified atom stereocenters. The van der Waals surface area contributed by atoms with Gasteiger partial charge in [-0.05, 0) is 12.6 Å². The molecule has 6 atom stereocenters. The van der Waals surface area contributed by atoms with Gasteiger partial charge in [-0.3, -0.25) is 9.69 Å². The molecular formula is C17H21NO4. The number of piperidine rings is 1. The summed E-state index contributed by atoms with van der Waals surface area (Å²) in [6.45, 7) is -0.226. The number of nitrogens with zero attached hydrogens (tertiary/aromatic N) is 1. The van der Waals surface area contributed by atoms with Crippen molar-refractivity contribution in [2.45, 2.75) is 49.2 Å². The van der Waals surface area contributed by atoms with Crippen LogP contribution < -0.4 is 0 Å². The number of hydrogen-bond acceptors (Lipinski definition) is 5. The Morgan fingerprint density at radius 2 is 1.95 bits per heavy atom. The predicted octanol–water partition coefficient (Wildman–Crippen LogP) is 0.918. The summed E-state index contributed by atoms with van der Waals surface area (Å²) in [6.07, 6.45) is 2.26. The van der Waals surface area contributed by atoms with Gasteiger partial charge in [-0.25, -0.2) is 0 Å². The fraction of sp³-hybridized carbons (Fsp3) is 0.588. The van der Waals surface area contributed by atoms with E-state index < -0.39 is 5.92 Å². The van der Waals surface area contributed by atoms with Gasteiger partial charge in [-0.2, -0.15) is 0 Å². The van der Waals surface area contributed by atoms with Crippen LogP contribution in [0.25, 0.3) is 0 Å². The number of aliphatic hydroxyl groups is 1. The van der Waals surface area contributed by atoms with Gasteiger partial charge in [0.05, 0.1) is 6.61 Å². The molecule has 3 fully saturated rings. The quantitative estimate of drug-likeness (QED) is 0.662. The lowest BCUT2D eigenvalue weighted by Crippen LogP contribution is -2.48. The Labute approximate surface area is 129 Å². The zero-order chi connectivity index (χ0) is 15.3. The lowest BCUT2D eigenvalue weighted by atomic mass is 9.97. The SMILES string of the molecule is CN1[C@@H]2CC(OC(=O)C(CO)c3ccccc3)C[C@H]1[C@H]1OC21. The van der Waals surface area contributed by atoms with Crippen LogP contribution in [0.3, 0.4) is 0 Å². The molecule has 0 saturated carbocycles. The zero-order valence-electron chi connectivity index (χ0n) is 12.6. The van der Waals surface area contributed by atoms with E-state index in [-0.39, 0.29) is 18.7 Å². The Bertz CT molecular complexity index is 545. The highest BCUT2D eigenvalue weighted by molar-refractivity contribution is 5.78. The third-order valence-electron chi connectivity index (χ3n) is 5.33. The number of aliphatic hydroxyl groups excluding tert-OH is 1. The topological polar surface area (TPSA) is 62.3 Å². The van der Waals surface area contributed by atoms with E-state index in [2.05, 4.69) is 11.9 Å². The van der Waals surface area contributed by atoms with E-state index in [1.165, 1.54) is 0 Å². The summed E-state index contributed by atoms with van der Waals surface area (Å²) in [5.41, 5.74) is 0.803. The smallest absolute Gasteiger partial charge is 0.316 e. The van der Waals surface area contributed by atoms with Gasteiger partial charge in [0, 0.05) is 24.9 Å². The van der Waals surface area contributed by atoms with Gasteiger partial charge >= 0.3 is 5.97 Å². The standard InChI is InChI=1S/C17H21NO4/c1-18-13-7-11(8-14(18)16-15(13)22-16)21-17(20)12(9-19)10-5-3-2-4-6-10/h2-6,11-16,19H,7-9H2,1H3/t11?,12?,13-,14+,15+,16?/m0/s1. The summed E-state index contributed by atoms with van der Waals surface area (Å²) in [7, 11) is 2.13. The molecule has 5 heteroatoms. The molecule has 0 amide bonds. The Morgan fingerprint density at radius 3 is 2.55 bits per heavy atom. The Balaban J connectivity index is 1.42. The number of morpholine rings is 1. The lowest BCUT2D eigenvalue weighted by molar-refractivity contribution is -0.156. The van der Waals surface area contributed by atoms with Crippen LogP contribution in [0.1, 0.15) is 24.3 Å². The van der Waals surface area contributed by atoms with Gasteiger partial charge < -0.3 is 14.6 Å². The summed E-state index contributed by atoms with van der Waals surface area (Å²) in [4.78, 5) is 14.8. The van der Waals surface area contributed by atoms with Crippen LogP contribution in [0.2, 0.25) is 0 Å². The van der Waals surface area contributed by atoms with Gasteiger partial charge in [-0.1, -0.05) is 30.3 Å². The van der Waals surface area contributed by atoms with Crippen LogP contribution in [0.15, 0.2) is 30.3 Å². The minimum Gasteiger partial charge on any atom is -0.462 e. The van der Waals surface area contributed by atoms with Crippen molar-refractivity contribution < 1.29 is 19.4 Å². The van der Waals surface area contributed by atoms with Gasteiger partial charge in [-0.15, -0.1) is 0 Å². The van der Waals surface area contributed by atoms with Gasteiger partial charge in [0.1, 0.15) is 24.2 Å². The average Bonchev–Trinajstić information content (AvgIpc) is 3.27. The van der Waals surface area contributed by atoms with E-state index in [4.69, 9.17) is 9.47 Å². The molecule has 4 rings (SSSR count). The van der Waals surface area contributed by atoms with E-state index in [9.17, 15) is 9.90 Å². The second kappa shape index (κ2) is 5.33. The molecule has 1 aromatic rings. The van der Waals surface area contributed by atoms with Crippen molar-refractivity contribution in [2.75, 3.05) is 13.7 Å². The fourth-order valence-corrected chi connectivity index (χ4v) is 4.04. The normalized spacial score (nSPS) is 37.5. The molecule has 0 spiro atoms. The number of esters is 1. The largest absolute Gasteiger partial charge is 0.462 e. The highest BCUT2D eigenvalue weighted by Gasteiger charge is 2.62. The third-order valence-corrected chi connectivity index (χ3v) is 5.33. The first-order valence-electron chi connectivity index (χ1n) is 7.92. The monoisotopic (exact) mass is 303 g/mol. The van der Waals surface area contributed by atoms with Crippen molar-refractivity contribution in [3.8, 4) is 0 Å². The molecule has 3 heterocycles. The fourth-order valence-electron chi connectivity index (χ4n) is 4.04. The van der Waals surface area contributed by atoms with E-state index in [1.807, 2.05) is 30.3 Å². The average molecular weight is 303 g/mol. The van der Waals surface area contributed by atoms with Gasteiger partial charge in [0.2, 0.25) is 0 Å². The number of ether oxygens (including phenoxy) is 2. The number of rotatable bonds is 4. The van der Waals surface area contributed by atoms with E-state index >= 15 is 0 Å². The van der Waals surface area contributed by atoms with E-state index in [0.29, 0.717) is 24.3 Å². The van der Waals surface area contributed by atoms with Crippen molar-refractivity contribution in [1.82, 2.24) is 4.90 Å². The molecule has 2 bridgehead atoms. The molecule has 0 aliphatic carbocycles. The number of benzene rings is 1. The highest BCUT2D eigenvalue weighted by atomic mass is 16.6. The maximum atomic E-state index is 12.4. The minimum atomic E-state index is -0.593. The first kappa shape index (κ1) is 14.2. The molecule has 22 heavy (non-hydrogen) atoms. The summed E-state index contributed by atoms with van der Waals surface area (Å²) < 4.78 is 11.4. The summed E-state index contributed by atoms with van der Waals surface area (Å²) in [5, 5.41) is 9.56.